The van der Waals surface area contributed by atoms with Crippen molar-refractivity contribution in [2.24, 2.45) is 5.41 Å². The van der Waals surface area contributed by atoms with Crippen LogP contribution in [0.25, 0.3) is 0 Å². The Bertz CT molecular complexity index is 426. The Hall–Kier alpha value is -0.410. The fraction of sp³-hybridized carbons (Fsp3) is 0.462. The van der Waals surface area contributed by atoms with Crippen LogP contribution in [0.5, 0.6) is 0 Å². The SMILES string of the molecule is CC(C)(C)C(=O)C(Br)Cc1cccc(Cl)c1F. The zero-order valence-electron chi connectivity index (χ0n) is 10.1. The molecule has 1 nitrogen and oxygen atoms in total. The molecule has 0 aliphatic rings. The minimum absolute atomic E-state index is 0.0527. The molecule has 0 N–H and O–H groups in total. The van der Waals surface area contributed by atoms with E-state index in [9.17, 15) is 9.18 Å². The predicted molar refractivity (Wildman–Crippen MR) is 72.3 cm³/mol. The van der Waals surface area contributed by atoms with E-state index in [1.165, 1.54) is 6.07 Å². The zero-order valence-corrected chi connectivity index (χ0v) is 12.4. The van der Waals surface area contributed by atoms with E-state index >= 15 is 0 Å². The number of benzene rings is 1. The molecule has 0 aromatic heterocycles. The van der Waals surface area contributed by atoms with E-state index < -0.39 is 16.1 Å². The molecule has 0 radical (unpaired) electrons. The van der Waals surface area contributed by atoms with Crippen molar-refractivity contribution in [3.05, 3.63) is 34.6 Å². The Morgan fingerprint density at radius 2 is 2.06 bits per heavy atom. The summed E-state index contributed by atoms with van der Waals surface area (Å²) >= 11 is 9.01. The third kappa shape index (κ3) is 3.78. The number of hydrogen-bond donors (Lipinski definition) is 0. The fourth-order valence-corrected chi connectivity index (χ4v) is 2.69. The van der Waals surface area contributed by atoms with Crippen LogP contribution in [0.3, 0.4) is 0 Å². The largest absolute Gasteiger partial charge is 0.298 e. The van der Waals surface area contributed by atoms with Crippen LogP contribution in [0.1, 0.15) is 26.3 Å². The van der Waals surface area contributed by atoms with Gasteiger partial charge in [-0.05, 0) is 18.1 Å². The number of alkyl halides is 1. The topological polar surface area (TPSA) is 17.1 Å². The second-order valence-electron chi connectivity index (χ2n) is 5.00. The molecule has 1 rings (SSSR count). The van der Waals surface area contributed by atoms with Crippen LogP contribution in [0.2, 0.25) is 5.02 Å². The Labute approximate surface area is 114 Å². The summed E-state index contributed by atoms with van der Waals surface area (Å²) in [7, 11) is 0. The van der Waals surface area contributed by atoms with Crippen LogP contribution < -0.4 is 0 Å². The molecule has 0 fully saturated rings. The molecule has 0 aliphatic heterocycles. The van der Waals surface area contributed by atoms with Crippen molar-refractivity contribution < 1.29 is 9.18 Å². The van der Waals surface area contributed by atoms with Gasteiger partial charge in [0, 0.05) is 5.41 Å². The van der Waals surface area contributed by atoms with Gasteiger partial charge < -0.3 is 0 Å². The van der Waals surface area contributed by atoms with Crippen molar-refractivity contribution in [1.29, 1.82) is 0 Å². The number of carbonyl (C=O) groups excluding carboxylic acids is 1. The zero-order chi connectivity index (χ0) is 13.2. The molecule has 0 bridgehead atoms. The first-order valence-corrected chi connectivity index (χ1v) is 6.64. The van der Waals surface area contributed by atoms with Crippen LogP contribution in [-0.2, 0) is 11.2 Å². The van der Waals surface area contributed by atoms with Crippen molar-refractivity contribution in [2.75, 3.05) is 0 Å². The summed E-state index contributed by atoms with van der Waals surface area (Å²) < 4.78 is 13.7. The van der Waals surface area contributed by atoms with Crippen LogP contribution in [-0.4, -0.2) is 10.6 Å². The molecule has 0 spiro atoms. The molecule has 94 valence electrons. The fourth-order valence-electron chi connectivity index (χ4n) is 1.46. The molecule has 0 saturated heterocycles. The average Bonchev–Trinajstić information content (AvgIpc) is 2.22. The Morgan fingerprint density at radius 1 is 1.47 bits per heavy atom. The number of rotatable bonds is 3. The van der Waals surface area contributed by atoms with Gasteiger partial charge >= 0.3 is 0 Å². The Morgan fingerprint density at radius 3 is 2.59 bits per heavy atom. The maximum Gasteiger partial charge on any atom is 0.152 e. The highest BCUT2D eigenvalue weighted by Gasteiger charge is 2.28. The number of Topliss-reactive ketones (excluding diaryl/α,β-unsaturated/α-hetero) is 1. The summed E-state index contributed by atoms with van der Waals surface area (Å²) in [6, 6.07) is 4.82. The predicted octanol–water partition coefficient (Wildman–Crippen LogP) is 4.40. The molecule has 4 heteroatoms. The molecule has 1 aromatic carbocycles. The van der Waals surface area contributed by atoms with E-state index in [1.807, 2.05) is 20.8 Å². The third-order valence-electron chi connectivity index (χ3n) is 2.45. The first kappa shape index (κ1) is 14.7. The molecular formula is C13H15BrClFO. The van der Waals surface area contributed by atoms with Gasteiger partial charge in [0.1, 0.15) is 5.82 Å². The monoisotopic (exact) mass is 320 g/mol. The van der Waals surface area contributed by atoms with Crippen LogP contribution >= 0.6 is 27.5 Å². The van der Waals surface area contributed by atoms with Gasteiger partial charge in [-0.25, -0.2) is 4.39 Å². The van der Waals surface area contributed by atoms with Crippen molar-refractivity contribution in [3.8, 4) is 0 Å². The van der Waals surface area contributed by atoms with E-state index in [1.54, 1.807) is 12.1 Å². The van der Waals surface area contributed by atoms with Gasteiger partial charge in [-0.1, -0.05) is 60.4 Å². The maximum absolute atomic E-state index is 13.7. The van der Waals surface area contributed by atoms with Gasteiger partial charge in [-0.15, -0.1) is 0 Å². The van der Waals surface area contributed by atoms with E-state index in [4.69, 9.17) is 11.6 Å². The summed E-state index contributed by atoms with van der Waals surface area (Å²) in [6.45, 7) is 5.54. The van der Waals surface area contributed by atoms with E-state index in [2.05, 4.69) is 15.9 Å². The smallest absolute Gasteiger partial charge is 0.152 e. The average molecular weight is 322 g/mol. The lowest BCUT2D eigenvalue weighted by molar-refractivity contribution is -0.125. The minimum Gasteiger partial charge on any atom is -0.298 e. The molecule has 1 atom stereocenters. The number of carbonyl (C=O) groups is 1. The van der Waals surface area contributed by atoms with E-state index in [0.717, 1.165) is 0 Å². The molecule has 0 heterocycles. The second kappa shape index (κ2) is 5.49. The van der Waals surface area contributed by atoms with Crippen molar-refractivity contribution in [2.45, 2.75) is 32.0 Å². The molecule has 17 heavy (non-hydrogen) atoms. The molecular weight excluding hydrogens is 306 g/mol. The number of halogens is 3. The standard InChI is InChI=1S/C13H15BrClFO/c1-13(2,3)12(17)9(14)7-8-5-4-6-10(15)11(8)16/h4-6,9H,7H2,1-3H3. The summed E-state index contributed by atoms with van der Waals surface area (Å²) in [5.41, 5.74) is 0.0143. The molecule has 0 aliphatic carbocycles. The lowest BCUT2D eigenvalue weighted by Gasteiger charge is -2.20. The molecule has 1 unspecified atom stereocenters. The van der Waals surface area contributed by atoms with Gasteiger partial charge in [-0.2, -0.15) is 0 Å². The number of ketones is 1. The highest BCUT2D eigenvalue weighted by Crippen LogP contribution is 2.25. The second-order valence-corrected chi connectivity index (χ2v) is 6.51. The van der Waals surface area contributed by atoms with E-state index in [-0.39, 0.29) is 10.8 Å². The van der Waals surface area contributed by atoms with Crippen molar-refractivity contribution in [3.63, 3.8) is 0 Å². The van der Waals surface area contributed by atoms with Gasteiger partial charge in [0.15, 0.2) is 5.78 Å². The summed E-state index contributed by atoms with van der Waals surface area (Å²) in [6.07, 6.45) is 0.308. The Kier molecular flexibility index (Phi) is 4.73. The van der Waals surface area contributed by atoms with Crippen molar-refractivity contribution >= 4 is 33.3 Å². The van der Waals surface area contributed by atoms with Gasteiger partial charge in [-0.3, -0.25) is 4.79 Å². The normalized spacial score (nSPS) is 13.5. The lowest BCUT2D eigenvalue weighted by atomic mass is 9.87. The number of hydrogen-bond acceptors (Lipinski definition) is 1. The van der Waals surface area contributed by atoms with Gasteiger partial charge in [0.2, 0.25) is 0 Å². The first-order chi connectivity index (χ1) is 7.73. The molecule has 0 amide bonds. The van der Waals surface area contributed by atoms with Crippen LogP contribution in [0.4, 0.5) is 4.39 Å². The van der Waals surface area contributed by atoms with Gasteiger partial charge in [0.05, 0.1) is 9.85 Å². The summed E-state index contributed by atoms with van der Waals surface area (Å²) in [5.74, 6) is -0.391. The summed E-state index contributed by atoms with van der Waals surface area (Å²) in [5, 5.41) is 0.0883. The van der Waals surface area contributed by atoms with Crippen LogP contribution in [0.15, 0.2) is 18.2 Å². The van der Waals surface area contributed by atoms with E-state index in [0.29, 0.717) is 12.0 Å². The minimum atomic E-state index is -0.444. The quantitative estimate of drug-likeness (QED) is 0.754. The van der Waals surface area contributed by atoms with Gasteiger partial charge in [0.25, 0.3) is 0 Å². The maximum atomic E-state index is 13.7. The molecule has 0 saturated carbocycles. The van der Waals surface area contributed by atoms with Crippen molar-refractivity contribution in [1.82, 2.24) is 0 Å². The highest BCUT2D eigenvalue weighted by atomic mass is 79.9. The Balaban J connectivity index is 2.85. The lowest BCUT2D eigenvalue weighted by Crippen LogP contribution is -2.30. The summed E-state index contributed by atoms with van der Waals surface area (Å²) in [4.78, 5) is 11.6. The third-order valence-corrected chi connectivity index (χ3v) is 3.49. The first-order valence-electron chi connectivity index (χ1n) is 5.34. The highest BCUT2D eigenvalue weighted by molar-refractivity contribution is 9.10. The molecule has 1 aromatic rings. The van der Waals surface area contributed by atoms with Crippen LogP contribution in [0, 0.1) is 11.2 Å².